The summed E-state index contributed by atoms with van der Waals surface area (Å²) in [7, 11) is -4.60. The largest absolute Gasteiger partial charge is 0.493 e. The van der Waals surface area contributed by atoms with Crippen LogP contribution in [0.15, 0.2) is 24.3 Å². The van der Waals surface area contributed by atoms with Crippen molar-refractivity contribution in [2.45, 2.75) is 58.0 Å². The Bertz CT molecular complexity index is 639. The Hall–Kier alpha value is -1.41. The van der Waals surface area contributed by atoms with Crippen LogP contribution in [0.1, 0.15) is 56.6 Å². The summed E-state index contributed by atoms with van der Waals surface area (Å²) in [6.45, 7) is 1.59. The van der Waals surface area contributed by atoms with Gasteiger partial charge < -0.3 is 4.89 Å². The van der Waals surface area contributed by atoms with Crippen molar-refractivity contribution in [2.24, 2.45) is 0 Å². The van der Waals surface area contributed by atoms with E-state index in [4.69, 9.17) is 0 Å². The molecule has 0 aromatic heterocycles. The number of carbonyl (C=O) groups excluding carboxylic acids is 1. The highest BCUT2D eigenvalue weighted by Crippen LogP contribution is 2.42. The molecule has 0 aliphatic carbocycles. The lowest BCUT2D eigenvalue weighted by molar-refractivity contribution is -0.138. The number of hydrogen-bond donors (Lipinski definition) is 2. The lowest BCUT2D eigenvalue weighted by Gasteiger charge is -2.14. The van der Waals surface area contributed by atoms with Gasteiger partial charge in [0.1, 0.15) is 0 Å². The standard InChI is InChI=1S/C17H25F3NO5P/c1-2-3-4-5-6-11-16(22)21-26-27(23,24)25-13-12-14-9-7-8-10-15(14)17(18,19)20/h7-10H,2-6,11-13H2,1H3,(H,21,22)(H,23,24). The first-order valence-corrected chi connectivity index (χ1v) is 10.2. The summed E-state index contributed by atoms with van der Waals surface area (Å²) in [5.41, 5.74) is 0.938. The molecule has 1 unspecified atom stereocenters. The Morgan fingerprint density at radius 3 is 2.52 bits per heavy atom. The highest BCUT2D eigenvalue weighted by molar-refractivity contribution is 7.47. The van der Waals surface area contributed by atoms with Crippen molar-refractivity contribution in [1.82, 2.24) is 5.48 Å². The number of carbonyl (C=O) groups is 1. The molecular formula is C17H25F3NO5P. The number of amides is 1. The van der Waals surface area contributed by atoms with Crippen molar-refractivity contribution in [3.8, 4) is 0 Å². The fraction of sp³-hybridized carbons (Fsp3) is 0.588. The second kappa shape index (κ2) is 11.4. The first-order valence-electron chi connectivity index (χ1n) is 8.75. The normalized spacial score (nSPS) is 14.0. The molecule has 0 saturated carbocycles. The summed E-state index contributed by atoms with van der Waals surface area (Å²) in [6.07, 6.45) is 0.0284. The van der Waals surface area contributed by atoms with E-state index < -0.39 is 32.1 Å². The van der Waals surface area contributed by atoms with Crippen LogP contribution in [-0.2, 0) is 31.1 Å². The number of halogens is 3. The third-order valence-corrected chi connectivity index (χ3v) is 4.56. The maximum atomic E-state index is 12.9. The van der Waals surface area contributed by atoms with E-state index in [0.29, 0.717) is 6.42 Å². The predicted molar refractivity (Wildman–Crippen MR) is 93.5 cm³/mol. The highest BCUT2D eigenvalue weighted by atomic mass is 31.2. The highest BCUT2D eigenvalue weighted by Gasteiger charge is 2.33. The predicted octanol–water partition coefficient (Wildman–Crippen LogP) is 4.77. The Morgan fingerprint density at radius 2 is 1.85 bits per heavy atom. The van der Waals surface area contributed by atoms with Gasteiger partial charge in [0, 0.05) is 6.42 Å². The Balaban J connectivity index is 2.36. The SMILES string of the molecule is CCCCCCCC(=O)NOP(=O)(O)OCCc1ccccc1C(F)(F)F. The summed E-state index contributed by atoms with van der Waals surface area (Å²) in [5.74, 6) is -0.563. The van der Waals surface area contributed by atoms with Crippen LogP contribution in [0.4, 0.5) is 13.2 Å². The summed E-state index contributed by atoms with van der Waals surface area (Å²) in [4.78, 5) is 21.0. The molecule has 6 nitrogen and oxygen atoms in total. The van der Waals surface area contributed by atoms with Gasteiger partial charge >= 0.3 is 14.0 Å². The monoisotopic (exact) mass is 411 g/mol. The molecule has 0 aliphatic heterocycles. The third-order valence-electron chi connectivity index (χ3n) is 3.73. The molecule has 1 aromatic carbocycles. The van der Waals surface area contributed by atoms with Crippen molar-refractivity contribution in [3.05, 3.63) is 35.4 Å². The molecule has 1 amide bonds. The van der Waals surface area contributed by atoms with Crippen LogP contribution in [0, 0.1) is 0 Å². The van der Waals surface area contributed by atoms with Crippen molar-refractivity contribution >= 4 is 13.7 Å². The third kappa shape index (κ3) is 9.91. The summed E-state index contributed by atoms with van der Waals surface area (Å²) in [5, 5.41) is 0. The molecule has 0 heterocycles. The van der Waals surface area contributed by atoms with Crippen molar-refractivity contribution < 1.29 is 36.6 Å². The second-order valence-electron chi connectivity index (χ2n) is 5.99. The van der Waals surface area contributed by atoms with E-state index in [1.165, 1.54) is 18.2 Å². The molecule has 0 saturated heterocycles. The fourth-order valence-electron chi connectivity index (χ4n) is 2.36. The molecule has 0 fully saturated rings. The number of alkyl halides is 3. The fourth-order valence-corrected chi connectivity index (χ4v) is 2.95. The molecule has 1 aromatic rings. The van der Waals surface area contributed by atoms with E-state index in [1.807, 2.05) is 5.48 Å². The molecule has 1 atom stereocenters. The van der Waals surface area contributed by atoms with Crippen LogP contribution in [0.5, 0.6) is 0 Å². The number of benzene rings is 1. The van der Waals surface area contributed by atoms with Gasteiger partial charge in [0.2, 0.25) is 5.91 Å². The van der Waals surface area contributed by atoms with Crippen molar-refractivity contribution in [1.29, 1.82) is 0 Å². The van der Waals surface area contributed by atoms with E-state index in [9.17, 15) is 27.4 Å². The molecule has 0 bridgehead atoms. The van der Waals surface area contributed by atoms with Gasteiger partial charge in [-0.3, -0.25) is 9.32 Å². The molecule has 1 rings (SSSR count). The summed E-state index contributed by atoms with van der Waals surface area (Å²) in [6, 6.07) is 4.87. The topological polar surface area (TPSA) is 84.9 Å². The van der Waals surface area contributed by atoms with E-state index in [2.05, 4.69) is 16.1 Å². The van der Waals surface area contributed by atoms with Crippen molar-refractivity contribution in [3.63, 3.8) is 0 Å². The second-order valence-corrected chi connectivity index (χ2v) is 7.37. The maximum absolute atomic E-state index is 12.9. The van der Waals surface area contributed by atoms with Gasteiger partial charge in [0.25, 0.3) is 0 Å². The quantitative estimate of drug-likeness (QED) is 0.294. The van der Waals surface area contributed by atoms with Gasteiger partial charge in [0.15, 0.2) is 0 Å². The maximum Gasteiger partial charge on any atom is 0.493 e. The smallest absolute Gasteiger partial charge is 0.301 e. The number of phosphoric acid groups is 1. The van der Waals surface area contributed by atoms with E-state index >= 15 is 0 Å². The van der Waals surface area contributed by atoms with Gasteiger partial charge in [-0.05, 0) is 24.5 Å². The average Bonchev–Trinajstić information content (AvgIpc) is 2.59. The lowest BCUT2D eigenvalue weighted by Crippen LogP contribution is -2.22. The molecule has 10 heteroatoms. The van der Waals surface area contributed by atoms with Gasteiger partial charge in [-0.25, -0.2) is 10.0 Å². The van der Waals surface area contributed by atoms with Crippen LogP contribution < -0.4 is 5.48 Å². The first kappa shape index (κ1) is 23.6. The Kier molecular flexibility index (Phi) is 10.0. The first-order chi connectivity index (χ1) is 12.7. The van der Waals surface area contributed by atoms with Crippen LogP contribution in [-0.4, -0.2) is 17.4 Å². The zero-order valence-electron chi connectivity index (χ0n) is 15.1. The number of rotatable bonds is 12. The molecule has 27 heavy (non-hydrogen) atoms. The molecule has 154 valence electrons. The summed E-state index contributed by atoms with van der Waals surface area (Å²) < 4.78 is 59.3. The Labute approximate surface area is 156 Å². The van der Waals surface area contributed by atoms with Gasteiger partial charge in [0.05, 0.1) is 12.2 Å². The number of hydroxylamine groups is 1. The minimum atomic E-state index is -4.60. The number of hydrogen-bond acceptors (Lipinski definition) is 4. The van der Waals surface area contributed by atoms with Gasteiger partial charge in [-0.2, -0.15) is 17.8 Å². The van der Waals surface area contributed by atoms with Crippen LogP contribution in [0.3, 0.4) is 0 Å². The average molecular weight is 411 g/mol. The number of unbranched alkanes of at least 4 members (excludes halogenated alkanes) is 4. The van der Waals surface area contributed by atoms with Gasteiger partial charge in [-0.15, -0.1) is 0 Å². The minimum absolute atomic E-state index is 0.0684. The minimum Gasteiger partial charge on any atom is -0.301 e. The van der Waals surface area contributed by atoms with E-state index in [0.717, 1.165) is 31.7 Å². The Morgan fingerprint density at radius 1 is 1.19 bits per heavy atom. The van der Waals surface area contributed by atoms with Gasteiger partial charge in [-0.1, -0.05) is 50.8 Å². The van der Waals surface area contributed by atoms with Crippen molar-refractivity contribution in [2.75, 3.05) is 6.61 Å². The van der Waals surface area contributed by atoms with Crippen LogP contribution >= 0.6 is 7.82 Å². The molecule has 0 spiro atoms. The molecule has 0 radical (unpaired) electrons. The molecule has 2 N–H and O–H groups in total. The van der Waals surface area contributed by atoms with Crippen LogP contribution in [0.25, 0.3) is 0 Å². The number of phosphoric ester groups is 1. The van der Waals surface area contributed by atoms with Crippen LogP contribution in [0.2, 0.25) is 0 Å². The summed E-state index contributed by atoms with van der Waals surface area (Å²) >= 11 is 0. The van der Waals surface area contributed by atoms with E-state index in [-0.39, 0.29) is 18.4 Å². The van der Waals surface area contributed by atoms with E-state index in [1.54, 1.807) is 0 Å². The molecule has 0 aliphatic rings. The lowest BCUT2D eigenvalue weighted by atomic mass is 10.0. The zero-order chi connectivity index (χ0) is 20.3. The zero-order valence-corrected chi connectivity index (χ0v) is 16.0. The molecular weight excluding hydrogens is 386 g/mol. The number of nitrogens with one attached hydrogen (secondary N) is 1.